The van der Waals surface area contributed by atoms with Gasteiger partial charge in [0.05, 0.1) is 4.91 Å². The number of thioether (sulfide) groups is 1. The molecule has 0 bridgehead atoms. The Bertz CT molecular complexity index is 993. The quantitative estimate of drug-likeness (QED) is 0.736. The third kappa shape index (κ3) is 4.24. The van der Waals surface area contributed by atoms with Crippen LogP contribution in [0.3, 0.4) is 0 Å². The number of imide groups is 1. The van der Waals surface area contributed by atoms with Crippen molar-refractivity contribution in [2.24, 2.45) is 5.92 Å². The van der Waals surface area contributed by atoms with Gasteiger partial charge in [-0.25, -0.2) is 4.39 Å². The van der Waals surface area contributed by atoms with Crippen LogP contribution in [0.4, 0.5) is 9.18 Å². The fraction of sp³-hybridized carbons (Fsp3) is 0.227. The highest BCUT2D eigenvalue weighted by Gasteiger charge is 2.43. The number of hydrogen-bond acceptors (Lipinski definition) is 4. The Hall–Kier alpha value is -2.93. The molecule has 1 saturated carbocycles. The predicted octanol–water partition coefficient (Wildman–Crippen LogP) is 3.78. The van der Waals surface area contributed by atoms with E-state index in [0.717, 1.165) is 28.6 Å². The molecule has 1 saturated heterocycles. The summed E-state index contributed by atoms with van der Waals surface area (Å²) >= 11 is 0.780. The van der Waals surface area contributed by atoms with Gasteiger partial charge >= 0.3 is 0 Å². The second-order valence-electron chi connectivity index (χ2n) is 7.01. The van der Waals surface area contributed by atoms with Crippen molar-refractivity contribution in [3.05, 3.63) is 76.4 Å². The molecule has 5 nitrogen and oxygen atoms in total. The highest BCUT2D eigenvalue weighted by atomic mass is 32.2. The lowest BCUT2D eigenvalue weighted by molar-refractivity contribution is -0.124. The van der Waals surface area contributed by atoms with Crippen molar-refractivity contribution in [1.82, 2.24) is 10.2 Å². The first-order valence-corrected chi connectivity index (χ1v) is 10.2. The van der Waals surface area contributed by atoms with Gasteiger partial charge in [-0.15, -0.1) is 0 Å². The van der Waals surface area contributed by atoms with Gasteiger partial charge < -0.3 is 5.32 Å². The number of nitrogens with one attached hydrogen (secondary N) is 1. The molecule has 1 heterocycles. The molecule has 29 heavy (non-hydrogen) atoms. The Kier molecular flexibility index (Phi) is 5.49. The highest BCUT2D eigenvalue weighted by Crippen LogP contribution is 2.47. The number of benzene rings is 2. The number of carbonyl (C=O) groups excluding carboxylic acids is 3. The molecule has 3 amide bonds. The van der Waals surface area contributed by atoms with Crippen LogP contribution in [-0.4, -0.2) is 35.0 Å². The summed E-state index contributed by atoms with van der Waals surface area (Å²) in [6, 6.07) is 15.9. The Morgan fingerprint density at radius 2 is 1.86 bits per heavy atom. The van der Waals surface area contributed by atoms with Gasteiger partial charge in [-0.2, -0.15) is 0 Å². The maximum atomic E-state index is 13.8. The zero-order chi connectivity index (χ0) is 20.4. The summed E-state index contributed by atoms with van der Waals surface area (Å²) in [5, 5.41) is 2.40. The van der Waals surface area contributed by atoms with E-state index < -0.39 is 17.0 Å². The minimum absolute atomic E-state index is 0.0618. The molecule has 2 aliphatic rings. The van der Waals surface area contributed by atoms with E-state index in [4.69, 9.17) is 0 Å². The Labute approximate surface area is 172 Å². The number of nitrogens with zero attached hydrogens (tertiary/aromatic N) is 1. The third-order valence-electron chi connectivity index (χ3n) is 5.05. The summed E-state index contributed by atoms with van der Waals surface area (Å²) in [4.78, 5) is 38.2. The van der Waals surface area contributed by atoms with E-state index >= 15 is 0 Å². The molecule has 0 spiro atoms. The lowest BCUT2D eigenvalue weighted by Crippen LogP contribution is -2.37. The van der Waals surface area contributed by atoms with Crippen LogP contribution in [0.1, 0.15) is 23.5 Å². The van der Waals surface area contributed by atoms with Crippen LogP contribution in [0, 0.1) is 11.7 Å². The van der Waals surface area contributed by atoms with Crippen molar-refractivity contribution >= 4 is 34.9 Å². The predicted molar refractivity (Wildman–Crippen MR) is 109 cm³/mol. The van der Waals surface area contributed by atoms with Crippen LogP contribution in [0.2, 0.25) is 0 Å². The summed E-state index contributed by atoms with van der Waals surface area (Å²) in [5.74, 6) is -0.812. The smallest absolute Gasteiger partial charge is 0.293 e. The maximum absolute atomic E-state index is 13.8. The van der Waals surface area contributed by atoms with E-state index in [9.17, 15) is 18.8 Å². The summed E-state index contributed by atoms with van der Waals surface area (Å²) < 4.78 is 13.8. The van der Waals surface area contributed by atoms with Crippen LogP contribution in [0.5, 0.6) is 0 Å². The number of hydrogen-bond donors (Lipinski definition) is 1. The molecule has 148 valence electrons. The van der Waals surface area contributed by atoms with Crippen molar-refractivity contribution in [3.63, 3.8) is 0 Å². The van der Waals surface area contributed by atoms with Gasteiger partial charge in [-0.05, 0) is 41.8 Å². The van der Waals surface area contributed by atoms with Gasteiger partial charge in [-0.3, -0.25) is 19.3 Å². The molecular weight excluding hydrogens is 391 g/mol. The van der Waals surface area contributed by atoms with Crippen molar-refractivity contribution in [2.75, 3.05) is 13.1 Å². The molecule has 4 rings (SSSR count). The van der Waals surface area contributed by atoms with Gasteiger partial charge in [0.2, 0.25) is 5.91 Å². The molecule has 2 fully saturated rings. The minimum Gasteiger partial charge on any atom is -0.354 e. The fourth-order valence-corrected chi connectivity index (χ4v) is 4.26. The third-order valence-corrected chi connectivity index (χ3v) is 5.96. The van der Waals surface area contributed by atoms with Gasteiger partial charge in [0.15, 0.2) is 0 Å². The summed E-state index contributed by atoms with van der Waals surface area (Å²) in [6.45, 7) is 0.287. The molecule has 2 aromatic rings. The second kappa shape index (κ2) is 8.21. The lowest BCUT2D eigenvalue weighted by atomic mass is 10.1. The Morgan fingerprint density at radius 1 is 1.14 bits per heavy atom. The SMILES string of the molecule is O=C(NCCN1C(=O)SC(=Cc2ccccc2F)C1=O)C1CC1c1ccccc1. The second-order valence-corrected chi connectivity index (χ2v) is 8.00. The van der Waals surface area contributed by atoms with Crippen LogP contribution in [0.15, 0.2) is 59.5 Å². The Morgan fingerprint density at radius 3 is 2.62 bits per heavy atom. The van der Waals surface area contributed by atoms with Gasteiger partial charge in [0, 0.05) is 24.6 Å². The topological polar surface area (TPSA) is 66.5 Å². The number of amides is 3. The molecular formula is C22H19FN2O3S. The summed E-state index contributed by atoms with van der Waals surface area (Å²) in [6.07, 6.45) is 2.19. The highest BCUT2D eigenvalue weighted by molar-refractivity contribution is 8.18. The molecule has 1 N–H and O–H groups in total. The first kappa shape index (κ1) is 19.4. The fourth-order valence-electron chi connectivity index (χ4n) is 3.40. The van der Waals surface area contributed by atoms with Crippen LogP contribution in [0.25, 0.3) is 6.08 Å². The van der Waals surface area contributed by atoms with E-state index in [1.165, 1.54) is 12.1 Å². The molecule has 2 aromatic carbocycles. The normalized spacial score (nSPS) is 22.2. The average Bonchev–Trinajstić information content (AvgIpc) is 3.48. The van der Waals surface area contributed by atoms with Crippen molar-refractivity contribution in [3.8, 4) is 0 Å². The minimum atomic E-state index is -0.467. The van der Waals surface area contributed by atoms with Gasteiger partial charge in [0.1, 0.15) is 5.82 Å². The zero-order valence-corrected chi connectivity index (χ0v) is 16.3. The number of halogens is 1. The first-order chi connectivity index (χ1) is 14.0. The van der Waals surface area contributed by atoms with Crippen LogP contribution in [-0.2, 0) is 9.59 Å². The summed E-state index contributed by atoms with van der Waals surface area (Å²) in [7, 11) is 0. The van der Waals surface area contributed by atoms with E-state index in [2.05, 4.69) is 5.32 Å². The summed E-state index contributed by atoms with van der Waals surface area (Å²) in [5.41, 5.74) is 1.41. The monoisotopic (exact) mass is 410 g/mol. The average molecular weight is 410 g/mol. The van der Waals surface area contributed by atoms with E-state index in [0.29, 0.717) is 0 Å². The van der Waals surface area contributed by atoms with Crippen molar-refractivity contribution in [2.45, 2.75) is 12.3 Å². The standard InChI is InChI=1S/C22H19FN2O3S/c23-18-9-5-4-8-15(18)12-19-21(27)25(22(28)29-19)11-10-24-20(26)17-13-16(17)14-6-2-1-3-7-14/h1-9,12,16-17H,10-11,13H2,(H,24,26). The van der Waals surface area contributed by atoms with Crippen LogP contribution < -0.4 is 5.32 Å². The lowest BCUT2D eigenvalue weighted by Gasteiger charge is -2.13. The number of rotatable bonds is 6. The molecule has 2 atom stereocenters. The van der Waals surface area contributed by atoms with Crippen molar-refractivity contribution in [1.29, 1.82) is 0 Å². The van der Waals surface area contributed by atoms with E-state index in [1.807, 2.05) is 30.3 Å². The van der Waals surface area contributed by atoms with E-state index in [1.54, 1.807) is 18.2 Å². The molecule has 0 radical (unpaired) electrons. The molecule has 1 aliphatic heterocycles. The molecule has 0 aromatic heterocycles. The maximum Gasteiger partial charge on any atom is 0.293 e. The van der Waals surface area contributed by atoms with Gasteiger partial charge in [0.25, 0.3) is 11.1 Å². The van der Waals surface area contributed by atoms with Crippen LogP contribution >= 0.6 is 11.8 Å². The number of carbonyl (C=O) groups is 3. The molecule has 2 unspecified atom stereocenters. The van der Waals surface area contributed by atoms with Crippen molar-refractivity contribution < 1.29 is 18.8 Å². The molecule has 7 heteroatoms. The zero-order valence-electron chi connectivity index (χ0n) is 15.5. The van der Waals surface area contributed by atoms with E-state index in [-0.39, 0.29) is 41.3 Å². The Balaban J connectivity index is 1.30. The molecule has 1 aliphatic carbocycles. The van der Waals surface area contributed by atoms with Gasteiger partial charge in [-0.1, -0.05) is 48.5 Å². The first-order valence-electron chi connectivity index (χ1n) is 9.37. The largest absolute Gasteiger partial charge is 0.354 e.